The average molecular weight is 609 g/mol. The molecule has 0 heterocycles. The second kappa shape index (κ2) is 13.8. The quantitative estimate of drug-likeness (QED) is 0.0765. The molecule has 0 radical (unpaired) electrons. The van der Waals surface area contributed by atoms with Crippen molar-refractivity contribution in [2.45, 2.75) is 7.96 Å². The standard InChI is InChI=1S/C11H7NO.C10H9N.C3Cl6O3/c13-8-12-11-6-5-9-3-1-2-4-10(9)7-11;11-10-6-5-8-3-1-2-4-9(8)7-10;4-2(5,6)11-1(10)12-3(7,8)9/h1-7H;1-7H,11H2;. The van der Waals surface area contributed by atoms with Gasteiger partial charge in [0.25, 0.3) is 0 Å². The lowest BCUT2D eigenvalue weighted by molar-refractivity contribution is 0.0508. The number of nitrogens with zero attached hydrogens (tertiary/aromatic N) is 1. The van der Waals surface area contributed by atoms with Crippen molar-refractivity contribution in [1.29, 1.82) is 0 Å². The van der Waals surface area contributed by atoms with E-state index in [4.69, 9.17) is 75.3 Å². The summed E-state index contributed by atoms with van der Waals surface area (Å²) < 4.78 is 3.50. The molecule has 4 aromatic carbocycles. The minimum absolute atomic E-state index is 0.647. The predicted molar refractivity (Wildman–Crippen MR) is 148 cm³/mol. The van der Waals surface area contributed by atoms with Crippen LogP contribution in [-0.4, -0.2) is 20.2 Å². The number of alkyl halides is 6. The van der Waals surface area contributed by atoms with Crippen LogP contribution in [0.25, 0.3) is 21.5 Å². The van der Waals surface area contributed by atoms with Crippen LogP contribution in [0.5, 0.6) is 0 Å². The van der Waals surface area contributed by atoms with Crippen molar-refractivity contribution in [3.63, 3.8) is 0 Å². The molecule has 0 aliphatic carbocycles. The molecule has 0 fully saturated rings. The van der Waals surface area contributed by atoms with Crippen molar-refractivity contribution in [1.82, 2.24) is 0 Å². The van der Waals surface area contributed by atoms with E-state index < -0.39 is 14.1 Å². The minimum atomic E-state index is -2.24. The molecular weight excluding hydrogens is 593 g/mol. The summed E-state index contributed by atoms with van der Waals surface area (Å²) in [5, 5.41) is 4.67. The Bertz CT molecular complexity index is 1350. The summed E-state index contributed by atoms with van der Waals surface area (Å²) in [6, 6.07) is 27.6. The highest BCUT2D eigenvalue weighted by molar-refractivity contribution is 6.67. The van der Waals surface area contributed by atoms with Crippen molar-refractivity contribution < 1.29 is 19.1 Å². The van der Waals surface area contributed by atoms with Crippen LogP contribution >= 0.6 is 69.6 Å². The fourth-order valence-corrected chi connectivity index (χ4v) is 3.09. The molecule has 0 saturated heterocycles. The van der Waals surface area contributed by atoms with Gasteiger partial charge in [-0.25, -0.2) is 9.59 Å². The number of carbonyl (C=O) groups excluding carboxylic acids is 2. The summed E-state index contributed by atoms with van der Waals surface area (Å²) in [4.78, 5) is 24.1. The van der Waals surface area contributed by atoms with E-state index in [-0.39, 0.29) is 0 Å². The molecule has 0 amide bonds. The van der Waals surface area contributed by atoms with Gasteiger partial charge in [-0.05, 0) is 115 Å². The van der Waals surface area contributed by atoms with Gasteiger partial charge in [-0.2, -0.15) is 4.99 Å². The molecule has 4 aromatic rings. The number of benzene rings is 4. The van der Waals surface area contributed by atoms with Crippen LogP contribution in [0.2, 0.25) is 0 Å². The lowest BCUT2D eigenvalue weighted by Gasteiger charge is -2.15. The fourth-order valence-electron chi connectivity index (χ4n) is 2.72. The molecule has 0 aliphatic rings. The Morgan fingerprint density at radius 1 is 0.694 bits per heavy atom. The molecule has 0 aliphatic heterocycles. The van der Waals surface area contributed by atoms with E-state index >= 15 is 0 Å². The summed E-state index contributed by atoms with van der Waals surface area (Å²) in [6.45, 7) is 0. The van der Waals surface area contributed by atoms with Crippen molar-refractivity contribution in [3.8, 4) is 0 Å². The summed E-state index contributed by atoms with van der Waals surface area (Å²) in [5.41, 5.74) is 7.09. The maximum atomic E-state index is 10.5. The van der Waals surface area contributed by atoms with Gasteiger partial charge in [0.2, 0.25) is 6.08 Å². The van der Waals surface area contributed by atoms with E-state index in [2.05, 4.69) is 26.6 Å². The molecule has 0 unspecified atom stereocenters. The van der Waals surface area contributed by atoms with Gasteiger partial charge in [0, 0.05) is 5.69 Å². The van der Waals surface area contributed by atoms with Crippen molar-refractivity contribution in [3.05, 3.63) is 84.9 Å². The first kappa shape index (κ1) is 29.8. The second-order valence-electron chi connectivity index (χ2n) is 6.69. The summed E-state index contributed by atoms with van der Waals surface area (Å²) in [7, 11) is 0. The first-order valence-corrected chi connectivity index (χ1v) is 12.0. The Labute approximate surface area is 236 Å². The number of aliphatic imine (C=N–C) groups is 1. The third-order valence-corrected chi connectivity index (χ3v) is 4.54. The molecule has 4 rings (SSSR count). The van der Waals surface area contributed by atoms with Gasteiger partial charge >= 0.3 is 14.1 Å². The van der Waals surface area contributed by atoms with Gasteiger partial charge in [-0.15, -0.1) is 0 Å². The maximum Gasteiger partial charge on any atom is 0.515 e. The first-order valence-electron chi connectivity index (χ1n) is 9.73. The van der Waals surface area contributed by atoms with Gasteiger partial charge in [0.1, 0.15) is 0 Å². The lowest BCUT2D eigenvalue weighted by Crippen LogP contribution is -2.22. The number of hydrogen-bond donors (Lipinski definition) is 1. The summed E-state index contributed by atoms with van der Waals surface area (Å²) in [6.07, 6.45) is 0.116. The Balaban J connectivity index is 0.000000191. The molecule has 188 valence electrons. The average Bonchev–Trinajstić information content (AvgIpc) is 2.77. The van der Waals surface area contributed by atoms with Gasteiger partial charge in [0.05, 0.1) is 5.69 Å². The molecular formula is C24H16Cl6N2O4. The second-order valence-corrected chi connectivity index (χ2v) is 11.0. The number of nitrogen functional groups attached to an aromatic ring is 1. The zero-order valence-electron chi connectivity index (χ0n) is 18.0. The molecule has 0 atom stereocenters. The maximum absolute atomic E-state index is 10.5. The number of fused-ring (bicyclic) bond motifs is 2. The summed E-state index contributed by atoms with van der Waals surface area (Å²) >= 11 is 30.2. The number of carbonyl (C=O) groups is 1. The highest BCUT2D eigenvalue weighted by Gasteiger charge is 2.32. The monoisotopic (exact) mass is 606 g/mol. The number of rotatable bonds is 1. The number of nitrogens with two attached hydrogens (primary N) is 1. The fraction of sp³-hybridized carbons (Fsp3) is 0.0833. The van der Waals surface area contributed by atoms with Gasteiger partial charge < -0.3 is 15.2 Å². The smallest absolute Gasteiger partial charge is 0.399 e. The van der Waals surface area contributed by atoms with Crippen LogP contribution in [0.4, 0.5) is 16.2 Å². The van der Waals surface area contributed by atoms with Crippen LogP contribution in [0.3, 0.4) is 0 Å². The molecule has 2 N–H and O–H groups in total. The number of halogens is 6. The number of isocyanates is 1. The molecule has 6 nitrogen and oxygen atoms in total. The first-order chi connectivity index (χ1) is 16.9. The van der Waals surface area contributed by atoms with Gasteiger partial charge in [-0.3, -0.25) is 0 Å². The Hall–Kier alpha value is -2.41. The van der Waals surface area contributed by atoms with E-state index in [1.54, 1.807) is 6.07 Å². The number of ether oxygens (including phenoxy) is 2. The zero-order valence-corrected chi connectivity index (χ0v) is 22.5. The Morgan fingerprint density at radius 3 is 1.61 bits per heavy atom. The largest absolute Gasteiger partial charge is 0.515 e. The highest BCUT2D eigenvalue weighted by Crippen LogP contribution is 2.32. The zero-order chi connectivity index (χ0) is 26.8. The van der Waals surface area contributed by atoms with E-state index in [0.29, 0.717) is 5.69 Å². The van der Waals surface area contributed by atoms with Gasteiger partial charge in [0.15, 0.2) is 0 Å². The van der Waals surface area contributed by atoms with Crippen molar-refractivity contribution in [2.75, 3.05) is 5.73 Å². The minimum Gasteiger partial charge on any atom is -0.399 e. The van der Waals surface area contributed by atoms with E-state index in [1.165, 1.54) is 16.9 Å². The third kappa shape index (κ3) is 11.5. The van der Waals surface area contributed by atoms with Crippen molar-refractivity contribution >= 4 is 115 Å². The third-order valence-electron chi connectivity index (χ3n) is 4.08. The molecule has 36 heavy (non-hydrogen) atoms. The number of anilines is 1. The Morgan fingerprint density at radius 2 is 1.14 bits per heavy atom. The molecule has 0 spiro atoms. The summed E-state index contributed by atoms with van der Waals surface area (Å²) in [5.74, 6) is 0. The topological polar surface area (TPSA) is 91.0 Å². The van der Waals surface area contributed by atoms with Crippen LogP contribution < -0.4 is 5.73 Å². The Kier molecular flexibility index (Phi) is 11.4. The van der Waals surface area contributed by atoms with Crippen LogP contribution in [0.1, 0.15) is 0 Å². The normalized spacial score (nSPS) is 10.7. The van der Waals surface area contributed by atoms with Crippen LogP contribution in [0.15, 0.2) is 89.9 Å². The highest BCUT2D eigenvalue weighted by atomic mass is 35.6. The van der Waals surface area contributed by atoms with Crippen LogP contribution in [0, 0.1) is 0 Å². The van der Waals surface area contributed by atoms with E-state index in [0.717, 1.165) is 16.5 Å². The predicted octanol–water partition coefficient (Wildman–Crippen LogP) is 9.02. The molecule has 0 saturated carbocycles. The number of hydrogen-bond acceptors (Lipinski definition) is 6. The van der Waals surface area contributed by atoms with E-state index in [9.17, 15) is 9.59 Å². The van der Waals surface area contributed by atoms with Crippen LogP contribution in [-0.2, 0) is 14.3 Å². The van der Waals surface area contributed by atoms with Gasteiger partial charge in [-0.1, -0.05) is 60.7 Å². The molecule has 0 aromatic heterocycles. The SMILES string of the molecule is Nc1ccc2ccccc2c1.O=C(OC(Cl)(Cl)Cl)OC(Cl)(Cl)Cl.O=C=Nc1ccc2ccccc2c1. The van der Waals surface area contributed by atoms with E-state index in [1.807, 2.05) is 66.7 Å². The molecule has 12 heteroatoms. The lowest BCUT2D eigenvalue weighted by atomic mass is 10.1. The molecule has 0 bridgehead atoms. The van der Waals surface area contributed by atoms with Crippen molar-refractivity contribution in [2.24, 2.45) is 4.99 Å².